The summed E-state index contributed by atoms with van der Waals surface area (Å²) in [6.07, 6.45) is 1.52. The Morgan fingerprint density at radius 1 is 1.43 bits per heavy atom. The number of nitrogens with zero attached hydrogens (tertiary/aromatic N) is 3. The molecule has 21 heavy (non-hydrogen) atoms. The van der Waals surface area contributed by atoms with Crippen LogP contribution in [0.25, 0.3) is 0 Å². The molecular formula is C12H12ClN5O3. The topological polar surface area (TPSA) is 109 Å². The van der Waals surface area contributed by atoms with Crippen LogP contribution in [0.5, 0.6) is 0 Å². The molecule has 0 aliphatic heterocycles. The predicted molar refractivity (Wildman–Crippen MR) is 75.3 cm³/mol. The number of benzene rings is 1. The van der Waals surface area contributed by atoms with E-state index in [9.17, 15) is 9.59 Å². The van der Waals surface area contributed by atoms with Crippen LogP contribution in [-0.4, -0.2) is 31.9 Å². The number of halogens is 1. The first kappa shape index (κ1) is 14.8. The van der Waals surface area contributed by atoms with E-state index < -0.39 is 12.0 Å². The second-order valence-corrected chi connectivity index (χ2v) is 4.57. The van der Waals surface area contributed by atoms with Crippen molar-refractivity contribution in [2.75, 3.05) is 5.32 Å². The summed E-state index contributed by atoms with van der Waals surface area (Å²) in [4.78, 5) is 22.7. The van der Waals surface area contributed by atoms with Crippen molar-refractivity contribution in [2.45, 2.75) is 6.54 Å². The summed E-state index contributed by atoms with van der Waals surface area (Å²) >= 11 is 5.75. The first-order valence-corrected chi connectivity index (χ1v) is 6.25. The Balaban J connectivity index is 1.98. The summed E-state index contributed by atoms with van der Waals surface area (Å²) < 4.78 is 1.67. The van der Waals surface area contributed by atoms with Crippen molar-refractivity contribution in [1.82, 2.24) is 20.1 Å². The minimum Gasteiger partial charge on any atom is -0.478 e. The standard InChI is InChI=1S/C12H12ClN5O3/c1-18-6-15-17-10(18)5-14-12(21)16-7-2-3-9(13)8(4-7)11(19)20/h2-4,6H,5H2,1H3,(H,19,20)(H2,14,16,21). The van der Waals surface area contributed by atoms with Gasteiger partial charge in [-0.05, 0) is 18.2 Å². The Bertz CT molecular complexity index is 685. The van der Waals surface area contributed by atoms with Crippen molar-refractivity contribution in [3.8, 4) is 0 Å². The zero-order valence-corrected chi connectivity index (χ0v) is 11.8. The highest BCUT2D eigenvalue weighted by molar-refractivity contribution is 6.33. The summed E-state index contributed by atoms with van der Waals surface area (Å²) in [5.74, 6) is -0.573. The van der Waals surface area contributed by atoms with Gasteiger partial charge in [-0.15, -0.1) is 10.2 Å². The zero-order chi connectivity index (χ0) is 15.4. The summed E-state index contributed by atoms with van der Waals surface area (Å²) in [7, 11) is 1.76. The number of nitrogens with one attached hydrogen (secondary N) is 2. The van der Waals surface area contributed by atoms with Gasteiger partial charge in [-0.25, -0.2) is 9.59 Å². The summed E-state index contributed by atoms with van der Waals surface area (Å²) in [6.45, 7) is 0.196. The summed E-state index contributed by atoms with van der Waals surface area (Å²) in [6, 6.07) is 3.71. The fourth-order valence-corrected chi connectivity index (χ4v) is 1.77. The smallest absolute Gasteiger partial charge is 0.337 e. The van der Waals surface area contributed by atoms with Gasteiger partial charge in [0.2, 0.25) is 0 Å². The second kappa shape index (κ2) is 6.23. The Hall–Kier alpha value is -2.61. The average Bonchev–Trinajstić information content (AvgIpc) is 2.84. The van der Waals surface area contributed by atoms with Crippen LogP contribution < -0.4 is 10.6 Å². The van der Waals surface area contributed by atoms with Crippen LogP contribution in [0.15, 0.2) is 24.5 Å². The van der Waals surface area contributed by atoms with Crippen LogP contribution in [-0.2, 0) is 13.6 Å². The monoisotopic (exact) mass is 309 g/mol. The lowest BCUT2D eigenvalue weighted by atomic mass is 10.2. The molecule has 2 amide bonds. The van der Waals surface area contributed by atoms with Gasteiger partial charge in [-0.3, -0.25) is 0 Å². The van der Waals surface area contributed by atoms with Gasteiger partial charge in [0.25, 0.3) is 0 Å². The van der Waals surface area contributed by atoms with E-state index in [0.29, 0.717) is 11.5 Å². The van der Waals surface area contributed by atoms with E-state index in [4.69, 9.17) is 16.7 Å². The van der Waals surface area contributed by atoms with Crippen LogP contribution in [0.2, 0.25) is 5.02 Å². The molecule has 110 valence electrons. The third-order valence-corrected chi connectivity index (χ3v) is 3.00. The Kier molecular flexibility index (Phi) is 4.39. The first-order chi connectivity index (χ1) is 9.97. The van der Waals surface area contributed by atoms with E-state index in [1.165, 1.54) is 24.5 Å². The molecule has 0 saturated heterocycles. The number of carboxylic acid groups (broad SMARTS) is 1. The van der Waals surface area contributed by atoms with Crippen molar-refractivity contribution < 1.29 is 14.7 Å². The van der Waals surface area contributed by atoms with Gasteiger partial charge in [0.05, 0.1) is 17.1 Å². The number of amides is 2. The maximum absolute atomic E-state index is 11.7. The molecule has 1 aromatic carbocycles. The highest BCUT2D eigenvalue weighted by Gasteiger charge is 2.11. The van der Waals surface area contributed by atoms with E-state index in [2.05, 4.69) is 20.8 Å². The minimum atomic E-state index is -1.16. The molecule has 0 bridgehead atoms. The van der Waals surface area contributed by atoms with Crippen LogP contribution in [0.1, 0.15) is 16.2 Å². The molecule has 2 aromatic rings. The number of anilines is 1. The molecule has 8 nitrogen and oxygen atoms in total. The largest absolute Gasteiger partial charge is 0.478 e. The molecule has 0 spiro atoms. The lowest BCUT2D eigenvalue weighted by Gasteiger charge is -2.08. The van der Waals surface area contributed by atoms with E-state index >= 15 is 0 Å². The molecule has 0 unspecified atom stereocenters. The molecule has 3 N–H and O–H groups in total. The van der Waals surface area contributed by atoms with Crippen molar-refractivity contribution in [3.63, 3.8) is 0 Å². The molecule has 0 radical (unpaired) electrons. The maximum Gasteiger partial charge on any atom is 0.337 e. The lowest BCUT2D eigenvalue weighted by molar-refractivity contribution is 0.0697. The van der Waals surface area contributed by atoms with Crippen LogP contribution in [0.4, 0.5) is 10.5 Å². The normalized spacial score (nSPS) is 10.2. The number of hydrogen-bond acceptors (Lipinski definition) is 4. The van der Waals surface area contributed by atoms with Gasteiger partial charge in [-0.2, -0.15) is 0 Å². The molecule has 2 rings (SSSR count). The third-order valence-electron chi connectivity index (χ3n) is 2.67. The number of carbonyl (C=O) groups is 2. The van der Waals surface area contributed by atoms with Gasteiger partial charge in [0.15, 0.2) is 5.82 Å². The quantitative estimate of drug-likeness (QED) is 0.792. The molecule has 0 saturated carbocycles. The molecular weight excluding hydrogens is 298 g/mol. The molecule has 1 heterocycles. The number of urea groups is 1. The van der Waals surface area contributed by atoms with Crippen molar-refractivity contribution in [1.29, 1.82) is 0 Å². The van der Waals surface area contributed by atoms with Crippen molar-refractivity contribution in [3.05, 3.63) is 40.9 Å². The predicted octanol–water partition coefficient (Wildman–Crippen LogP) is 1.49. The summed E-state index contributed by atoms with van der Waals surface area (Å²) in [5.41, 5.74) is 0.245. The molecule has 0 atom stereocenters. The Morgan fingerprint density at radius 3 is 2.81 bits per heavy atom. The van der Waals surface area contributed by atoms with E-state index in [-0.39, 0.29) is 17.1 Å². The van der Waals surface area contributed by atoms with Crippen molar-refractivity contribution in [2.24, 2.45) is 7.05 Å². The number of carbonyl (C=O) groups excluding carboxylic acids is 1. The number of hydrogen-bond donors (Lipinski definition) is 3. The Morgan fingerprint density at radius 2 is 2.19 bits per heavy atom. The van der Waals surface area contributed by atoms with Crippen LogP contribution in [0.3, 0.4) is 0 Å². The maximum atomic E-state index is 11.7. The van der Waals surface area contributed by atoms with Gasteiger partial charge < -0.3 is 20.3 Å². The fourth-order valence-electron chi connectivity index (χ4n) is 1.57. The Labute approximate surface area is 124 Å². The number of rotatable bonds is 4. The van der Waals surface area contributed by atoms with Crippen molar-refractivity contribution >= 4 is 29.3 Å². The highest BCUT2D eigenvalue weighted by Crippen LogP contribution is 2.20. The van der Waals surface area contributed by atoms with Gasteiger partial charge in [-0.1, -0.05) is 11.6 Å². The molecule has 1 aromatic heterocycles. The van der Waals surface area contributed by atoms with E-state index in [1.54, 1.807) is 11.6 Å². The third kappa shape index (κ3) is 3.69. The lowest BCUT2D eigenvalue weighted by Crippen LogP contribution is -2.29. The number of aryl methyl sites for hydroxylation is 1. The molecule has 0 aliphatic carbocycles. The number of aromatic carboxylic acids is 1. The van der Waals surface area contributed by atoms with Crippen LogP contribution in [0, 0.1) is 0 Å². The SMILES string of the molecule is Cn1cnnc1CNC(=O)Nc1ccc(Cl)c(C(=O)O)c1. The molecule has 0 fully saturated rings. The summed E-state index contributed by atoms with van der Waals surface area (Å²) in [5, 5.41) is 21.7. The van der Waals surface area contributed by atoms with Gasteiger partial charge in [0, 0.05) is 12.7 Å². The zero-order valence-electron chi connectivity index (χ0n) is 11.0. The van der Waals surface area contributed by atoms with Gasteiger partial charge >= 0.3 is 12.0 Å². The minimum absolute atomic E-state index is 0.0808. The average molecular weight is 310 g/mol. The highest BCUT2D eigenvalue weighted by atomic mass is 35.5. The fraction of sp³-hybridized carbons (Fsp3) is 0.167. The molecule has 0 aliphatic rings. The first-order valence-electron chi connectivity index (χ1n) is 5.88. The number of carboxylic acids is 1. The van der Waals surface area contributed by atoms with Crippen LogP contribution >= 0.6 is 11.6 Å². The van der Waals surface area contributed by atoms with E-state index in [1.807, 2.05) is 0 Å². The van der Waals surface area contributed by atoms with Gasteiger partial charge in [0.1, 0.15) is 6.33 Å². The molecule has 9 heteroatoms. The number of aromatic nitrogens is 3. The second-order valence-electron chi connectivity index (χ2n) is 4.17. The van der Waals surface area contributed by atoms with E-state index in [0.717, 1.165) is 0 Å².